The average molecular weight is 182 g/mol. The molecular weight excluding hydrogens is 176 g/mol. The summed E-state index contributed by atoms with van der Waals surface area (Å²) in [7, 11) is 0. The Hall–Kier alpha value is -2.11. The van der Waals surface area contributed by atoms with Gasteiger partial charge >= 0.3 is 11.7 Å². The molecule has 0 aromatic carbocycles. The molecule has 0 unspecified atom stereocenters. The Labute approximate surface area is 71.6 Å². The van der Waals surface area contributed by atoms with Gasteiger partial charge in [0.1, 0.15) is 0 Å². The van der Waals surface area contributed by atoms with Crippen molar-refractivity contribution in [3.8, 4) is 0 Å². The molecule has 0 saturated carbocycles. The van der Waals surface area contributed by atoms with Gasteiger partial charge in [0.25, 0.3) is 5.56 Å². The van der Waals surface area contributed by atoms with Crippen LogP contribution in [0.5, 0.6) is 0 Å². The third kappa shape index (κ3) is 2.44. The first-order chi connectivity index (χ1) is 6.09. The first-order valence-electron chi connectivity index (χ1n) is 3.32. The average Bonchev–Trinajstić information content (AvgIpc) is 2.02. The third-order valence-corrected chi connectivity index (χ3v) is 1.25. The zero-order chi connectivity index (χ0) is 9.84. The number of H-pyrrole nitrogens is 2. The van der Waals surface area contributed by atoms with E-state index < -0.39 is 17.2 Å². The van der Waals surface area contributed by atoms with Crippen LogP contribution in [0.2, 0.25) is 0 Å². The van der Waals surface area contributed by atoms with Crippen molar-refractivity contribution in [1.29, 1.82) is 0 Å². The van der Waals surface area contributed by atoms with Gasteiger partial charge in [-0.2, -0.15) is 0 Å². The number of hydrogen-bond donors (Lipinski definition) is 3. The molecule has 0 aliphatic heterocycles. The lowest BCUT2D eigenvalue weighted by molar-refractivity contribution is -0.131. The molecule has 0 aliphatic rings. The molecule has 68 valence electrons. The van der Waals surface area contributed by atoms with E-state index in [-0.39, 0.29) is 5.56 Å². The van der Waals surface area contributed by atoms with Gasteiger partial charge in [0.05, 0.1) is 5.56 Å². The predicted molar refractivity (Wildman–Crippen MR) is 44.4 cm³/mol. The number of carboxylic acid groups (broad SMARTS) is 1. The molecule has 0 radical (unpaired) electrons. The molecule has 1 heterocycles. The van der Waals surface area contributed by atoms with Crippen LogP contribution in [0, 0.1) is 0 Å². The summed E-state index contributed by atoms with van der Waals surface area (Å²) >= 11 is 0. The Kier molecular flexibility index (Phi) is 2.44. The summed E-state index contributed by atoms with van der Waals surface area (Å²) in [5.74, 6) is -1.16. The lowest BCUT2D eigenvalue weighted by Gasteiger charge is -1.88. The van der Waals surface area contributed by atoms with Crippen molar-refractivity contribution >= 4 is 12.0 Å². The normalized spacial score (nSPS) is 10.5. The molecule has 0 aliphatic carbocycles. The van der Waals surface area contributed by atoms with Gasteiger partial charge in [-0.15, -0.1) is 0 Å². The maximum Gasteiger partial charge on any atom is 0.328 e. The fraction of sp³-hybridized carbons (Fsp3) is 0. The van der Waals surface area contributed by atoms with E-state index in [0.29, 0.717) is 0 Å². The van der Waals surface area contributed by atoms with Gasteiger partial charge in [-0.25, -0.2) is 9.59 Å². The van der Waals surface area contributed by atoms with Crippen LogP contribution in [0.4, 0.5) is 0 Å². The van der Waals surface area contributed by atoms with Crippen LogP contribution in [0.1, 0.15) is 5.56 Å². The zero-order valence-electron chi connectivity index (χ0n) is 6.40. The van der Waals surface area contributed by atoms with E-state index in [2.05, 4.69) is 4.98 Å². The number of aliphatic carboxylic acids is 1. The molecule has 0 fully saturated rings. The number of carboxylic acids is 1. The van der Waals surface area contributed by atoms with Gasteiger partial charge in [0.15, 0.2) is 0 Å². The van der Waals surface area contributed by atoms with Crippen LogP contribution in [0.15, 0.2) is 21.9 Å². The van der Waals surface area contributed by atoms with Crippen molar-refractivity contribution < 1.29 is 9.90 Å². The lowest BCUT2D eigenvalue weighted by atomic mass is 10.3. The zero-order valence-corrected chi connectivity index (χ0v) is 6.40. The van der Waals surface area contributed by atoms with Gasteiger partial charge in [0, 0.05) is 12.3 Å². The Bertz CT molecular complexity index is 454. The molecule has 0 saturated heterocycles. The van der Waals surface area contributed by atoms with Crippen molar-refractivity contribution in [2.24, 2.45) is 0 Å². The SMILES string of the molecule is O=C(O)/C=C\c1c[nH]c(=O)[nH]c1=O. The minimum absolute atomic E-state index is 0.0852. The number of nitrogens with one attached hydrogen (secondary N) is 2. The van der Waals surface area contributed by atoms with Crippen molar-refractivity contribution in [1.82, 2.24) is 9.97 Å². The van der Waals surface area contributed by atoms with Crippen LogP contribution < -0.4 is 11.2 Å². The molecule has 0 bridgehead atoms. The predicted octanol–water partition coefficient (Wildman–Crippen LogP) is -0.839. The maximum atomic E-state index is 10.9. The fourth-order valence-electron chi connectivity index (χ4n) is 0.705. The van der Waals surface area contributed by atoms with E-state index in [0.717, 1.165) is 18.3 Å². The molecule has 3 N–H and O–H groups in total. The molecule has 1 aromatic rings. The largest absolute Gasteiger partial charge is 0.478 e. The number of rotatable bonds is 2. The van der Waals surface area contributed by atoms with Gasteiger partial charge in [0.2, 0.25) is 0 Å². The van der Waals surface area contributed by atoms with Crippen molar-refractivity contribution in [3.05, 3.63) is 38.7 Å². The van der Waals surface area contributed by atoms with E-state index in [4.69, 9.17) is 5.11 Å². The summed E-state index contributed by atoms with van der Waals surface area (Å²) in [4.78, 5) is 35.7. The summed E-state index contributed by atoms with van der Waals surface area (Å²) in [5.41, 5.74) is -1.17. The van der Waals surface area contributed by atoms with Gasteiger partial charge in [-0.1, -0.05) is 0 Å². The Morgan fingerprint density at radius 3 is 2.69 bits per heavy atom. The molecule has 1 aromatic heterocycles. The highest BCUT2D eigenvalue weighted by Crippen LogP contribution is 1.88. The molecule has 1 rings (SSSR count). The highest BCUT2D eigenvalue weighted by molar-refractivity contribution is 5.85. The van der Waals surface area contributed by atoms with Crippen LogP contribution in [-0.2, 0) is 4.79 Å². The summed E-state index contributed by atoms with van der Waals surface area (Å²) in [6.07, 6.45) is 3.04. The summed E-state index contributed by atoms with van der Waals surface area (Å²) in [5, 5.41) is 8.25. The van der Waals surface area contributed by atoms with E-state index in [1.807, 2.05) is 4.98 Å². The Morgan fingerprint density at radius 1 is 1.46 bits per heavy atom. The second-order valence-corrected chi connectivity index (χ2v) is 2.20. The van der Waals surface area contributed by atoms with Crippen LogP contribution in [0.3, 0.4) is 0 Å². The molecule has 6 heteroatoms. The first kappa shape index (κ1) is 8.98. The highest BCUT2D eigenvalue weighted by atomic mass is 16.4. The number of hydrogen-bond acceptors (Lipinski definition) is 3. The number of aromatic amines is 2. The molecule has 0 spiro atoms. The van der Waals surface area contributed by atoms with E-state index >= 15 is 0 Å². The van der Waals surface area contributed by atoms with Gasteiger partial charge in [-0.05, 0) is 6.08 Å². The van der Waals surface area contributed by atoms with Crippen molar-refractivity contribution in [2.45, 2.75) is 0 Å². The Morgan fingerprint density at radius 2 is 2.15 bits per heavy atom. The van der Waals surface area contributed by atoms with Crippen LogP contribution in [0.25, 0.3) is 6.08 Å². The molecular formula is C7H6N2O4. The topological polar surface area (TPSA) is 103 Å². The Balaban J connectivity index is 3.11. The number of aromatic nitrogens is 2. The molecule has 0 amide bonds. The summed E-state index contributed by atoms with van der Waals surface area (Å²) in [6.45, 7) is 0. The van der Waals surface area contributed by atoms with Crippen LogP contribution >= 0.6 is 0 Å². The fourth-order valence-corrected chi connectivity index (χ4v) is 0.705. The lowest BCUT2D eigenvalue weighted by Crippen LogP contribution is -2.22. The monoisotopic (exact) mass is 182 g/mol. The van der Waals surface area contributed by atoms with Crippen LogP contribution in [-0.4, -0.2) is 21.0 Å². The minimum Gasteiger partial charge on any atom is -0.478 e. The highest BCUT2D eigenvalue weighted by Gasteiger charge is 1.95. The second-order valence-electron chi connectivity index (χ2n) is 2.20. The second kappa shape index (κ2) is 3.53. The minimum atomic E-state index is -1.16. The molecule has 6 nitrogen and oxygen atoms in total. The number of carbonyl (C=O) groups is 1. The summed E-state index contributed by atoms with van der Waals surface area (Å²) in [6, 6.07) is 0. The van der Waals surface area contributed by atoms with Gasteiger partial charge < -0.3 is 10.1 Å². The third-order valence-electron chi connectivity index (χ3n) is 1.25. The first-order valence-corrected chi connectivity index (χ1v) is 3.32. The smallest absolute Gasteiger partial charge is 0.328 e. The van der Waals surface area contributed by atoms with E-state index in [1.165, 1.54) is 0 Å². The van der Waals surface area contributed by atoms with Crippen molar-refractivity contribution in [3.63, 3.8) is 0 Å². The van der Waals surface area contributed by atoms with Crippen molar-refractivity contribution in [2.75, 3.05) is 0 Å². The van der Waals surface area contributed by atoms with E-state index in [1.54, 1.807) is 0 Å². The summed E-state index contributed by atoms with van der Waals surface area (Å²) < 4.78 is 0. The maximum absolute atomic E-state index is 10.9. The standard InChI is InChI=1S/C7H6N2O4/c10-5(11)2-1-4-3-8-7(13)9-6(4)12/h1-3H,(H,10,11)(H2,8,9,12,13)/b2-1-. The molecule has 13 heavy (non-hydrogen) atoms. The molecule has 0 atom stereocenters. The quantitative estimate of drug-likeness (QED) is 0.519. The van der Waals surface area contributed by atoms with E-state index in [9.17, 15) is 14.4 Å². The van der Waals surface area contributed by atoms with Gasteiger partial charge in [-0.3, -0.25) is 9.78 Å².